The van der Waals surface area contributed by atoms with Crippen molar-refractivity contribution >= 4 is 58.0 Å². The summed E-state index contributed by atoms with van der Waals surface area (Å²) in [6, 6.07) is 0.0556. The van der Waals surface area contributed by atoms with E-state index in [4.69, 9.17) is 23.2 Å². The first-order valence-electron chi connectivity index (χ1n) is 10.1. The van der Waals surface area contributed by atoms with E-state index in [1.807, 2.05) is 6.92 Å². The van der Waals surface area contributed by atoms with Crippen LogP contribution in [0.4, 0.5) is 19.0 Å². The van der Waals surface area contributed by atoms with Crippen molar-refractivity contribution in [2.24, 2.45) is 4.99 Å². The van der Waals surface area contributed by atoms with Crippen LogP contribution in [0.5, 0.6) is 0 Å². The first-order chi connectivity index (χ1) is 16.4. The van der Waals surface area contributed by atoms with E-state index in [9.17, 15) is 22.8 Å². The molecule has 0 saturated carbocycles. The fourth-order valence-corrected chi connectivity index (χ4v) is 4.38. The number of anilines is 1. The Morgan fingerprint density at radius 1 is 1.23 bits per heavy atom. The Morgan fingerprint density at radius 3 is 2.60 bits per heavy atom. The zero-order valence-corrected chi connectivity index (χ0v) is 21.0. The van der Waals surface area contributed by atoms with Gasteiger partial charge in [0.1, 0.15) is 38.9 Å². The summed E-state index contributed by atoms with van der Waals surface area (Å²) >= 11 is 12.9. The van der Waals surface area contributed by atoms with Crippen molar-refractivity contribution in [3.8, 4) is 0 Å². The average Bonchev–Trinajstić information content (AvgIpc) is 3.27. The number of carbonyl (C=O) groups is 2. The minimum absolute atomic E-state index is 0.111. The third kappa shape index (κ3) is 6.21. The average molecular weight is 550 g/mol. The van der Waals surface area contributed by atoms with Crippen LogP contribution in [0.3, 0.4) is 0 Å². The Bertz CT molecular complexity index is 1200. The van der Waals surface area contributed by atoms with Gasteiger partial charge < -0.3 is 20.9 Å². The van der Waals surface area contributed by atoms with E-state index < -0.39 is 34.6 Å². The van der Waals surface area contributed by atoms with Crippen molar-refractivity contribution < 1.29 is 22.8 Å². The lowest BCUT2D eigenvalue weighted by Crippen LogP contribution is -2.40. The van der Waals surface area contributed by atoms with E-state index in [0.29, 0.717) is 23.5 Å². The minimum atomic E-state index is -4.70. The summed E-state index contributed by atoms with van der Waals surface area (Å²) in [6.45, 7) is 4.37. The Labute approximate surface area is 212 Å². The summed E-state index contributed by atoms with van der Waals surface area (Å²) in [5.74, 6) is -1.06. The SMILES string of the molecule is CCNC1=NCN(C)C(C(=O)NC(C)c2ncc(C(=O)Nc3cc(C(F)(F)F)c(Cl)cn3)s2)=C1Cl. The van der Waals surface area contributed by atoms with Gasteiger partial charge >= 0.3 is 6.18 Å². The molecule has 0 radical (unpaired) electrons. The number of rotatable bonds is 6. The number of carbonyl (C=O) groups excluding carboxylic acids is 2. The van der Waals surface area contributed by atoms with Gasteiger partial charge in [-0.25, -0.2) is 15.0 Å². The normalized spacial score (nSPS) is 15.0. The van der Waals surface area contributed by atoms with Crippen LogP contribution in [-0.4, -0.2) is 52.8 Å². The third-order valence-corrected chi connectivity index (χ3v) is 6.50. The summed E-state index contributed by atoms with van der Waals surface area (Å²) in [5, 5.41) is 8.07. The molecule has 1 aliphatic heterocycles. The fourth-order valence-electron chi connectivity index (χ4n) is 2.99. The predicted molar refractivity (Wildman–Crippen MR) is 127 cm³/mol. The molecule has 9 nitrogen and oxygen atoms in total. The standard InChI is InChI=1S/C20H20Cl2F3N7O2S/c1-4-26-16-14(22)15(32(3)8-29-16)18(34)30-9(2)19-28-7-12(35-19)17(33)31-13-5-10(20(23,24)25)11(21)6-27-13/h5-7,9H,4,8H2,1-3H3,(H,26,29)(H,30,34)(H,27,31,33). The molecule has 2 aromatic rings. The molecule has 0 saturated heterocycles. The molecule has 3 rings (SSSR count). The van der Waals surface area contributed by atoms with Gasteiger partial charge in [-0.2, -0.15) is 13.2 Å². The fraction of sp³-hybridized carbons (Fsp3) is 0.350. The van der Waals surface area contributed by atoms with Gasteiger partial charge in [0.05, 0.1) is 22.8 Å². The van der Waals surface area contributed by atoms with Crippen LogP contribution in [0.1, 0.15) is 40.1 Å². The topological polar surface area (TPSA) is 112 Å². The number of likely N-dealkylation sites (N-methyl/N-ethyl adjacent to an activating group) is 2. The molecule has 1 atom stereocenters. The summed E-state index contributed by atoms with van der Waals surface area (Å²) in [5.41, 5.74) is -0.887. The molecule has 188 valence electrons. The number of hydrogen-bond acceptors (Lipinski definition) is 8. The molecule has 3 N–H and O–H groups in total. The Balaban J connectivity index is 1.70. The predicted octanol–water partition coefficient (Wildman–Crippen LogP) is 4.00. The maximum absolute atomic E-state index is 13.0. The van der Waals surface area contributed by atoms with E-state index in [1.165, 1.54) is 6.20 Å². The second-order valence-corrected chi connectivity index (χ2v) is 9.15. The van der Waals surface area contributed by atoms with Gasteiger partial charge in [-0.1, -0.05) is 23.2 Å². The van der Waals surface area contributed by atoms with Crippen molar-refractivity contribution in [2.75, 3.05) is 25.6 Å². The molecule has 3 heterocycles. The molecule has 0 aliphatic carbocycles. The lowest BCUT2D eigenvalue weighted by Gasteiger charge is -2.27. The molecular weight excluding hydrogens is 530 g/mol. The number of amidine groups is 1. The summed E-state index contributed by atoms with van der Waals surface area (Å²) in [6.07, 6.45) is -2.63. The second-order valence-electron chi connectivity index (χ2n) is 7.30. The van der Waals surface area contributed by atoms with Crippen molar-refractivity contribution in [1.82, 2.24) is 25.5 Å². The first kappa shape index (κ1) is 26.7. The number of aliphatic imine (C=N–C) groups is 1. The molecule has 1 unspecified atom stereocenters. The van der Waals surface area contributed by atoms with Gasteiger partial charge in [-0.15, -0.1) is 11.3 Å². The van der Waals surface area contributed by atoms with Crippen molar-refractivity contribution in [3.63, 3.8) is 0 Å². The Kier molecular flexibility index (Phi) is 8.23. The number of thiazole rings is 1. The van der Waals surface area contributed by atoms with Gasteiger partial charge in [0.25, 0.3) is 11.8 Å². The maximum atomic E-state index is 13.0. The van der Waals surface area contributed by atoms with Crippen LogP contribution in [0.25, 0.3) is 0 Å². The van der Waals surface area contributed by atoms with E-state index in [-0.39, 0.29) is 28.1 Å². The largest absolute Gasteiger partial charge is 0.418 e. The number of nitrogens with zero attached hydrogens (tertiary/aromatic N) is 4. The molecule has 0 bridgehead atoms. The van der Waals surface area contributed by atoms with Gasteiger partial charge in [-0.3, -0.25) is 9.59 Å². The van der Waals surface area contributed by atoms with Crippen LogP contribution in [-0.2, 0) is 11.0 Å². The summed E-state index contributed by atoms with van der Waals surface area (Å²) in [7, 11) is 1.68. The second kappa shape index (κ2) is 10.8. The zero-order valence-electron chi connectivity index (χ0n) is 18.6. The highest BCUT2D eigenvalue weighted by atomic mass is 35.5. The third-order valence-electron chi connectivity index (χ3n) is 4.67. The molecule has 0 spiro atoms. The molecule has 2 aromatic heterocycles. The van der Waals surface area contributed by atoms with Gasteiger partial charge in [0.15, 0.2) is 0 Å². The van der Waals surface area contributed by atoms with Gasteiger partial charge in [0.2, 0.25) is 0 Å². The lowest BCUT2D eigenvalue weighted by molar-refractivity contribution is -0.137. The van der Waals surface area contributed by atoms with Crippen molar-refractivity contribution in [3.05, 3.63) is 49.7 Å². The van der Waals surface area contributed by atoms with E-state index in [2.05, 4.69) is 30.9 Å². The van der Waals surface area contributed by atoms with Crippen LogP contribution >= 0.6 is 34.5 Å². The minimum Gasteiger partial charge on any atom is -0.369 e. The van der Waals surface area contributed by atoms with E-state index in [0.717, 1.165) is 17.5 Å². The monoisotopic (exact) mass is 549 g/mol. The molecule has 15 heteroatoms. The number of nitrogens with one attached hydrogen (secondary N) is 3. The first-order valence-corrected chi connectivity index (χ1v) is 11.7. The zero-order chi connectivity index (χ0) is 25.9. The van der Waals surface area contributed by atoms with Crippen molar-refractivity contribution in [2.45, 2.75) is 26.1 Å². The maximum Gasteiger partial charge on any atom is 0.418 e. The van der Waals surface area contributed by atoms with Crippen LogP contribution in [0.15, 0.2) is 34.2 Å². The van der Waals surface area contributed by atoms with Crippen LogP contribution in [0.2, 0.25) is 5.02 Å². The van der Waals surface area contributed by atoms with Crippen LogP contribution < -0.4 is 16.0 Å². The van der Waals surface area contributed by atoms with Crippen LogP contribution in [0, 0.1) is 0 Å². The number of aromatic nitrogens is 2. The van der Waals surface area contributed by atoms with Crippen molar-refractivity contribution in [1.29, 1.82) is 0 Å². The molecule has 0 fully saturated rings. The number of alkyl halides is 3. The molecule has 0 aromatic carbocycles. The highest BCUT2D eigenvalue weighted by Crippen LogP contribution is 2.35. The van der Waals surface area contributed by atoms with E-state index in [1.54, 1.807) is 18.9 Å². The number of pyridine rings is 1. The quantitative estimate of drug-likeness (QED) is 0.502. The van der Waals surface area contributed by atoms with Gasteiger partial charge in [0, 0.05) is 19.8 Å². The Morgan fingerprint density at radius 2 is 1.94 bits per heavy atom. The summed E-state index contributed by atoms with van der Waals surface area (Å²) in [4.78, 5) is 39.2. The van der Waals surface area contributed by atoms with Gasteiger partial charge in [-0.05, 0) is 19.9 Å². The molecule has 2 amide bonds. The van der Waals surface area contributed by atoms with E-state index >= 15 is 0 Å². The number of hydrogen-bond donors (Lipinski definition) is 3. The highest BCUT2D eigenvalue weighted by molar-refractivity contribution is 7.13. The lowest BCUT2D eigenvalue weighted by atomic mass is 10.2. The smallest absolute Gasteiger partial charge is 0.369 e. The molecular formula is C20H20Cl2F3N7O2S. The molecule has 35 heavy (non-hydrogen) atoms. The number of halogens is 5. The molecule has 1 aliphatic rings. The Hall–Kier alpha value is -2.90. The summed E-state index contributed by atoms with van der Waals surface area (Å²) < 4.78 is 39.1. The number of amides is 2. The highest BCUT2D eigenvalue weighted by Gasteiger charge is 2.34.